The van der Waals surface area contributed by atoms with Crippen LogP contribution in [-0.2, 0) is 4.79 Å². The lowest BCUT2D eigenvalue weighted by molar-refractivity contribution is -0.142. The fourth-order valence-corrected chi connectivity index (χ4v) is 3.15. The molecule has 1 aliphatic heterocycles. The average Bonchev–Trinajstić information content (AvgIpc) is 2.68. The van der Waals surface area contributed by atoms with Gasteiger partial charge in [0.1, 0.15) is 17.3 Å². The molecule has 8 heteroatoms. The number of hydrogen-bond donors (Lipinski definition) is 2. The molecular weight excluding hydrogens is 348 g/mol. The Balaban J connectivity index is 1.79. The number of nitrogens with zero attached hydrogens (tertiary/aromatic N) is 3. The predicted octanol–water partition coefficient (Wildman–Crippen LogP) is 2.85. The minimum atomic E-state index is -0.720. The molecule has 0 bridgehead atoms. The Labute approximate surface area is 158 Å². The number of carbonyl (C=O) groups is 1. The number of aryl methyl sites for hydroxylation is 1. The number of nitrogens with one attached hydrogen (secondary N) is 1. The van der Waals surface area contributed by atoms with Crippen LogP contribution in [0.15, 0.2) is 24.3 Å². The molecule has 0 atom stereocenters. The van der Waals surface area contributed by atoms with E-state index in [9.17, 15) is 4.79 Å². The van der Waals surface area contributed by atoms with E-state index in [0.29, 0.717) is 43.4 Å². The summed E-state index contributed by atoms with van der Waals surface area (Å²) in [6, 6.07) is 7.38. The van der Waals surface area contributed by atoms with E-state index in [4.69, 9.17) is 14.6 Å². The van der Waals surface area contributed by atoms with Crippen LogP contribution < -0.4 is 19.7 Å². The first-order valence-corrected chi connectivity index (χ1v) is 8.82. The van der Waals surface area contributed by atoms with Crippen LogP contribution in [0.2, 0.25) is 0 Å². The number of ether oxygens (including phenoxy) is 2. The molecule has 1 saturated heterocycles. The summed E-state index contributed by atoms with van der Waals surface area (Å²) >= 11 is 0. The van der Waals surface area contributed by atoms with Gasteiger partial charge in [-0.15, -0.1) is 0 Å². The highest BCUT2D eigenvalue weighted by atomic mass is 16.5. The first-order valence-electron chi connectivity index (χ1n) is 8.82. The smallest absolute Gasteiger partial charge is 0.306 e. The maximum absolute atomic E-state index is 11.1. The second-order valence-electron chi connectivity index (χ2n) is 6.48. The van der Waals surface area contributed by atoms with Gasteiger partial charge in [0.15, 0.2) is 0 Å². The van der Waals surface area contributed by atoms with Crippen molar-refractivity contribution >= 4 is 23.4 Å². The van der Waals surface area contributed by atoms with Crippen LogP contribution in [0.4, 0.5) is 17.5 Å². The zero-order valence-corrected chi connectivity index (χ0v) is 15.7. The molecule has 0 radical (unpaired) electrons. The number of rotatable bonds is 6. The summed E-state index contributed by atoms with van der Waals surface area (Å²) in [4.78, 5) is 22.3. The molecule has 0 unspecified atom stereocenters. The summed E-state index contributed by atoms with van der Waals surface area (Å²) in [5, 5.41) is 12.4. The van der Waals surface area contributed by atoms with Crippen LogP contribution in [0.1, 0.15) is 18.5 Å². The fraction of sp³-hybridized carbons (Fsp3) is 0.421. The van der Waals surface area contributed by atoms with E-state index in [-0.39, 0.29) is 5.92 Å². The molecule has 1 aromatic heterocycles. The summed E-state index contributed by atoms with van der Waals surface area (Å²) in [7, 11) is 3.19. The Bertz CT molecular complexity index is 819. The standard InChI is InChI=1S/C19H24N4O4/c1-12-10-17(23-8-6-13(7-9-23)18(24)25)22-19(20-12)21-15-5-4-14(26-2)11-16(15)27-3/h4-5,10-11,13H,6-9H2,1-3H3,(H,24,25)(H,20,21,22). The van der Waals surface area contributed by atoms with Crippen molar-refractivity contribution in [3.8, 4) is 11.5 Å². The Morgan fingerprint density at radius 2 is 1.93 bits per heavy atom. The third-order valence-corrected chi connectivity index (χ3v) is 4.66. The molecular formula is C19H24N4O4. The van der Waals surface area contributed by atoms with Crippen molar-refractivity contribution in [3.05, 3.63) is 30.0 Å². The molecule has 3 rings (SSSR count). The van der Waals surface area contributed by atoms with Gasteiger partial charge in [0.2, 0.25) is 5.95 Å². The van der Waals surface area contributed by atoms with Gasteiger partial charge in [-0.3, -0.25) is 4.79 Å². The van der Waals surface area contributed by atoms with E-state index in [1.165, 1.54) is 0 Å². The molecule has 0 spiro atoms. The van der Waals surface area contributed by atoms with Gasteiger partial charge in [-0.05, 0) is 31.9 Å². The molecule has 1 aliphatic rings. The van der Waals surface area contributed by atoms with E-state index < -0.39 is 5.97 Å². The minimum absolute atomic E-state index is 0.273. The van der Waals surface area contributed by atoms with Crippen molar-refractivity contribution in [1.82, 2.24) is 9.97 Å². The van der Waals surface area contributed by atoms with E-state index in [1.807, 2.05) is 25.1 Å². The Hall–Kier alpha value is -3.03. The zero-order valence-electron chi connectivity index (χ0n) is 15.7. The number of benzene rings is 1. The number of methoxy groups -OCH3 is 2. The molecule has 2 heterocycles. The molecule has 2 N–H and O–H groups in total. The molecule has 8 nitrogen and oxygen atoms in total. The number of anilines is 3. The minimum Gasteiger partial charge on any atom is -0.497 e. The molecule has 144 valence electrons. The maximum atomic E-state index is 11.1. The Kier molecular flexibility index (Phi) is 5.63. The van der Waals surface area contributed by atoms with Crippen molar-refractivity contribution in [2.24, 2.45) is 5.92 Å². The van der Waals surface area contributed by atoms with Crippen LogP contribution >= 0.6 is 0 Å². The summed E-state index contributed by atoms with van der Waals surface area (Å²) in [5.74, 6) is 1.59. The third-order valence-electron chi connectivity index (χ3n) is 4.66. The van der Waals surface area contributed by atoms with Gasteiger partial charge in [0, 0.05) is 30.9 Å². The molecule has 1 aromatic carbocycles. The molecule has 1 fully saturated rings. The van der Waals surface area contributed by atoms with Crippen molar-refractivity contribution in [2.75, 3.05) is 37.5 Å². The van der Waals surface area contributed by atoms with Crippen LogP contribution in [0.5, 0.6) is 11.5 Å². The third kappa shape index (κ3) is 4.39. The van der Waals surface area contributed by atoms with Crippen molar-refractivity contribution in [1.29, 1.82) is 0 Å². The zero-order chi connectivity index (χ0) is 19.4. The summed E-state index contributed by atoms with van der Waals surface area (Å²) in [6.07, 6.45) is 1.24. The topological polar surface area (TPSA) is 96.8 Å². The number of hydrogen-bond acceptors (Lipinski definition) is 7. The van der Waals surface area contributed by atoms with Gasteiger partial charge < -0.3 is 24.8 Å². The highest BCUT2D eigenvalue weighted by Gasteiger charge is 2.25. The van der Waals surface area contributed by atoms with Gasteiger partial charge >= 0.3 is 5.97 Å². The monoisotopic (exact) mass is 372 g/mol. The summed E-state index contributed by atoms with van der Waals surface area (Å²) in [5.41, 5.74) is 1.56. The number of piperidine rings is 1. The Morgan fingerprint density at radius 3 is 2.56 bits per heavy atom. The van der Waals surface area contributed by atoms with Crippen LogP contribution in [0.25, 0.3) is 0 Å². The average molecular weight is 372 g/mol. The van der Waals surface area contributed by atoms with Crippen molar-refractivity contribution in [3.63, 3.8) is 0 Å². The highest BCUT2D eigenvalue weighted by molar-refractivity contribution is 5.70. The molecule has 2 aromatic rings. The van der Waals surface area contributed by atoms with E-state index in [0.717, 1.165) is 17.2 Å². The maximum Gasteiger partial charge on any atom is 0.306 e. The molecule has 0 aliphatic carbocycles. The fourth-order valence-electron chi connectivity index (χ4n) is 3.15. The first kappa shape index (κ1) is 18.8. The SMILES string of the molecule is COc1ccc(Nc2nc(C)cc(N3CCC(C(=O)O)CC3)n2)c(OC)c1. The van der Waals surface area contributed by atoms with Crippen molar-refractivity contribution < 1.29 is 19.4 Å². The van der Waals surface area contributed by atoms with Gasteiger partial charge in [-0.1, -0.05) is 0 Å². The quantitative estimate of drug-likeness (QED) is 0.799. The van der Waals surface area contributed by atoms with E-state index in [1.54, 1.807) is 20.3 Å². The number of aliphatic carboxylic acids is 1. The molecule has 0 amide bonds. The lowest BCUT2D eigenvalue weighted by atomic mass is 9.97. The normalized spacial score (nSPS) is 14.7. The van der Waals surface area contributed by atoms with Gasteiger partial charge in [0.25, 0.3) is 0 Å². The van der Waals surface area contributed by atoms with Gasteiger partial charge in [-0.2, -0.15) is 4.98 Å². The molecule has 27 heavy (non-hydrogen) atoms. The van der Waals surface area contributed by atoms with Crippen LogP contribution in [0, 0.1) is 12.8 Å². The number of aromatic nitrogens is 2. The highest BCUT2D eigenvalue weighted by Crippen LogP contribution is 2.31. The lowest BCUT2D eigenvalue weighted by Gasteiger charge is -2.31. The van der Waals surface area contributed by atoms with Gasteiger partial charge in [0.05, 0.1) is 25.8 Å². The van der Waals surface area contributed by atoms with Crippen molar-refractivity contribution in [2.45, 2.75) is 19.8 Å². The van der Waals surface area contributed by atoms with E-state index >= 15 is 0 Å². The van der Waals surface area contributed by atoms with Crippen LogP contribution in [0.3, 0.4) is 0 Å². The first-order chi connectivity index (χ1) is 13.0. The second-order valence-corrected chi connectivity index (χ2v) is 6.48. The number of carboxylic acid groups (broad SMARTS) is 1. The lowest BCUT2D eigenvalue weighted by Crippen LogP contribution is -2.36. The Morgan fingerprint density at radius 1 is 1.19 bits per heavy atom. The van der Waals surface area contributed by atoms with E-state index in [2.05, 4.69) is 20.2 Å². The largest absolute Gasteiger partial charge is 0.497 e. The molecule has 0 saturated carbocycles. The second kappa shape index (κ2) is 8.11. The van der Waals surface area contributed by atoms with Gasteiger partial charge in [-0.25, -0.2) is 4.98 Å². The van der Waals surface area contributed by atoms with Crippen LogP contribution in [-0.4, -0.2) is 48.4 Å². The summed E-state index contributed by atoms with van der Waals surface area (Å²) < 4.78 is 10.6. The summed E-state index contributed by atoms with van der Waals surface area (Å²) in [6.45, 7) is 3.24. The number of carboxylic acids is 1. The predicted molar refractivity (Wildman–Crippen MR) is 102 cm³/mol.